The first-order valence-corrected chi connectivity index (χ1v) is 7.72. The van der Waals surface area contributed by atoms with Gasteiger partial charge in [-0.25, -0.2) is 0 Å². The third-order valence-electron chi connectivity index (χ3n) is 4.02. The minimum Gasteiger partial charge on any atom is -0.310 e. The third kappa shape index (κ3) is 4.36. The maximum absolute atomic E-state index is 6.05. The zero-order valence-electron chi connectivity index (χ0n) is 11.9. The molecular formula is C17H24ClN. The highest BCUT2D eigenvalue weighted by Gasteiger charge is 2.21. The van der Waals surface area contributed by atoms with Gasteiger partial charge in [0.05, 0.1) is 0 Å². The molecule has 0 aliphatic carbocycles. The van der Waals surface area contributed by atoms with Crippen molar-refractivity contribution in [2.75, 3.05) is 6.54 Å². The van der Waals surface area contributed by atoms with Crippen LogP contribution >= 0.6 is 11.6 Å². The van der Waals surface area contributed by atoms with E-state index in [1.165, 1.54) is 17.6 Å². The van der Waals surface area contributed by atoms with Crippen molar-refractivity contribution < 1.29 is 0 Å². The summed E-state index contributed by atoms with van der Waals surface area (Å²) in [5.41, 5.74) is 2.85. The van der Waals surface area contributed by atoms with Crippen molar-refractivity contribution in [2.24, 2.45) is 5.92 Å². The van der Waals surface area contributed by atoms with Crippen LogP contribution in [0.15, 0.2) is 36.4 Å². The number of halogens is 1. The van der Waals surface area contributed by atoms with E-state index in [0.717, 1.165) is 19.4 Å². The molecule has 0 spiro atoms. The van der Waals surface area contributed by atoms with Gasteiger partial charge in [-0.05, 0) is 43.2 Å². The normalized spacial score (nSPS) is 22.7. The first-order chi connectivity index (χ1) is 9.16. The second-order valence-corrected chi connectivity index (χ2v) is 6.39. The molecule has 0 amide bonds. The summed E-state index contributed by atoms with van der Waals surface area (Å²) in [6.45, 7) is 5.40. The number of alkyl halides is 1. The highest BCUT2D eigenvalue weighted by molar-refractivity contribution is 6.20. The summed E-state index contributed by atoms with van der Waals surface area (Å²) >= 11 is 6.05. The fraction of sp³-hybridized carbons (Fsp3) is 0.529. The Bertz CT molecular complexity index is 411. The monoisotopic (exact) mass is 277 g/mol. The van der Waals surface area contributed by atoms with Gasteiger partial charge in [-0.1, -0.05) is 43.3 Å². The summed E-state index contributed by atoms with van der Waals surface area (Å²) in [6.07, 6.45) is 5.75. The second-order valence-electron chi connectivity index (χ2n) is 5.65. The van der Waals surface area contributed by atoms with Gasteiger partial charge in [-0.15, -0.1) is 11.6 Å². The van der Waals surface area contributed by atoms with E-state index in [-0.39, 0.29) is 5.38 Å². The Balaban J connectivity index is 1.95. The number of hydrogen-bond donors (Lipinski definition) is 1. The highest BCUT2D eigenvalue weighted by Crippen LogP contribution is 2.27. The maximum atomic E-state index is 6.05. The van der Waals surface area contributed by atoms with Crippen LogP contribution in [0.1, 0.15) is 38.7 Å². The molecule has 0 bridgehead atoms. The molecule has 3 atom stereocenters. The van der Waals surface area contributed by atoms with E-state index in [2.05, 4.69) is 55.6 Å². The number of nitrogens with one attached hydrogen (secondary N) is 1. The standard InChI is InChI=1S/C17H24ClN/c1-13(8-9-14(2)18)17-12-16(10-11-19-17)15-6-4-3-5-7-15/h3-7,10,13-14,17,19H,8-9,11-12H2,1-2H3. The molecular weight excluding hydrogens is 254 g/mol. The van der Waals surface area contributed by atoms with Gasteiger partial charge in [0.15, 0.2) is 0 Å². The first kappa shape index (κ1) is 14.6. The van der Waals surface area contributed by atoms with Crippen LogP contribution in [0.2, 0.25) is 0 Å². The predicted octanol–water partition coefficient (Wildman–Crippen LogP) is 4.48. The van der Waals surface area contributed by atoms with Crippen LogP contribution in [0.25, 0.3) is 5.57 Å². The fourth-order valence-electron chi connectivity index (χ4n) is 2.71. The van der Waals surface area contributed by atoms with Gasteiger partial charge in [-0.3, -0.25) is 0 Å². The molecule has 0 radical (unpaired) electrons. The molecule has 3 unspecified atom stereocenters. The Hall–Kier alpha value is -0.790. The van der Waals surface area contributed by atoms with Crippen LogP contribution in [-0.2, 0) is 0 Å². The van der Waals surface area contributed by atoms with Crippen LogP contribution in [0.3, 0.4) is 0 Å². The summed E-state index contributed by atoms with van der Waals surface area (Å²) in [5, 5.41) is 3.91. The van der Waals surface area contributed by atoms with E-state index >= 15 is 0 Å². The fourth-order valence-corrected chi connectivity index (χ4v) is 2.84. The summed E-state index contributed by atoms with van der Waals surface area (Å²) in [4.78, 5) is 0. The topological polar surface area (TPSA) is 12.0 Å². The van der Waals surface area contributed by atoms with Crippen molar-refractivity contribution in [3.05, 3.63) is 42.0 Å². The third-order valence-corrected chi connectivity index (χ3v) is 4.24. The summed E-state index contributed by atoms with van der Waals surface area (Å²) in [5.74, 6) is 0.675. The van der Waals surface area contributed by atoms with Crippen LogP contribution in [-0.4, -0.2) is 18.0 Å². The van der Waals surface area contributed by atoms with Crippen molar-refractivity contribution in [3.8, 4) is 0 Å². The zero-order chi connectivity index (χ0) is 13.7. The van der Waals surface area contributed by atoms with Gasteiger partial charge in [-0.2, -0.15) is 0 Å². The van der Waals surface area contributed by atoms with Crippen LogP contribution in [0.4, 0.5) is 0 Å². The largest absolute Gasteiger partial charge is 0.310 e. The lowest BCUT2D eigenvalue weighted by Gasteiger charge is -2.30. The molecule has 2 heteroatoms. The lowest BCUT2D eigenvalue weighted by atomic mass is 9.86. The minimum atomic E-state index is 0.287. The van der Waals surface area contributed by atoms with E-state index in [0.29, 0.717) is 12.0 Å². The molecule has 19 heavy (non-hydrogen) atoms. The molecule has 0 saturated heterocycles. The van der Waals surface area contributed by atoms with E-state index in [4.69, 9.17) is 11.6 Å². The van der Waals surface area contributed by atoms with Crippen molar-refractivity contribution in [1.29, 1.82) is 0 Å². The SMILES string of the molecule is CC(Cl)CCC(C)C1CC(c2ccccc2)=CCN1. The van der Waals surface area contributed by atoms with Crippen molar-refractivity contribution in [2.45, 2.75) is 44.5 Å². The second kappa shape index (κ2) is 7.12. The van der Waals surface area contributed by atoms with Gasteiger partial charge in [0, 0.05) is 18.0 Å². The predicted molar refractivity (Wildman–Crippen MR) is 84.5 cm³/mol. The smallest absolute Gasteiger partial charge is 0.0307 e. The van der Waals surface area contributed by atoms with E-state index in [9.17, 15) is 0 Å². The average Bonchev–Trinajstić information content (AvgIpc) is 2.46. The molecule has 1 heterocycles. The van der Waals surface area contributed by atoms with Crippen molar-refractivity contribution >= 4 is 17.2 Å². The Morgan fingerprint density at radius 3 is 2.63 bits per heavy atom. The molecule has 1 N–H and O–H groups in total. The molecule has 1 aliphatic heterocycles. The van der Waals surface area contributed by atoms with Crippen LogP contribution in [0, 0.1) is 5.92 Å². The van der Waals surface area contributed by atoms with E-state index < -0.39 is 0 Å². The summed E-state index contributed by atoms with van der Waals surface area (Å²) < 4.78 is 0. The highest BCUT2D eigenvalue weighted by atomic mass is 35.5. The van der Waals surface area contributed by atoms with Gasteiger partial charge >= 0.3 is 0 Å². The molecule has 0 fully saturated rings. The Labute approximate surface area is 122 Å². The summed E-state index contributed by atoms with van der Waals surface area (Å²) in [7, 11) is 0. The number of benzene rings is 1. The van der Waals surface area contributed by atoms with Gasteiger partial charge < -0.3 is 5.32 Å². The Morgan fingerprint density at radius 2 is 1.95 bits per heavy atom. The molecule has 0 aromatic heterocycles. The molecule has 1 aromatic rings. The lowest BCUT2D eigenvalue weighted by molar-refractivity contribution is 0.358. The van der Waals surface area contributed by atoms with Gasteiger partial charge in [0.2, 0.25) is 0 Å². The van der Waals surface area contributed by atoms with E-state index in [1.807, 2.05) is 0 Å². The first-order valence-electron chi connectivity index (χ1n) is 7.28. The average molecular weight is 278 g/mol. The van der Waals surface area contributed by atoms with Crippen LogP contribution in [0.5, 0.6) is 0 Å². The molecule has 1 aromatic carbocycles. The number of hydrogen-bond acceptors (Lipinski definition) is 1. The Morgan fingerprint density at radius 1 is 1.21 bits per heavy atom. The molecule has 0 saturated carbocycles. The summed E-state index contributed by atoms with van der Waals surface area (Å²) in [6, 6.07) is 11.3. The lowest BCUT2D eigenvalue weighted by Crippen LogP contribution is -2.38. The molecule has 104 valence electrons. The molecule has 1 nitrogen and oxygen atoms in total. The maximum Gasteiger partial charge on any atom is 0.0307 e. The number of rotatable bonds is 5. The van der Waals surface area contributed by atoms with Gasteiger partial charge in [0.25, 0.3) is 0 Å². The van der Waals surface area contributed by atoms with Gasteiger partial charge in [0.1, 0.15) is 0 Å². The molecule has 2 rings (SSSR count). The molecule has 1 aliphatic rings. The van der Waals surface area contributed by atoms with Crippen molar-refractivity contribution in [1.82, 2.24) is 5.32 Å². The Kier molecular flexibility index (Phi) is 5.47. The van der Waals surface area contributed by atoms with Crippen molar-refractivity contribution in [3.63, 3.8) is 0 Å². The van der Waals surface area contributed by atoms with Crippen LogP contribution < -0.4 is 5.32 Å². The minimum absolute atomic E-state index is 0.287. The quantitative estimate of drug-likeness (QED) is 0.783. The zero-order valence-corrected chi connectivity index (χ0v) is 12.7. The van der Waals surface area contributed by atoms with E-state index in [1.54, 1.807) is 0 Å².